The van der Waals surface area contributed by atoms with E-state index in [0.717, 1.165) is 19.3 Å². The van der Waals surface area contributed by atoms with Gasteiger partial charge in [-0.1, -0.05) is 19.8 Å². The summed E-state index contributed by atoms with van der Waals surface area (Å²) in [7, 11) is -2.99. The van der Waals surface area contributed by atoms with Gasteiger partial charge in [-0.2, -0.15) is 0 Å². The molecule has 2 unspecified atom stereocenters. The highest BCUT2D eigenvalue weighted by molar-refractivity contribution is 7.91. The summed E-state index contributed by atoms with van der Waals surface area (Å²) < 4.78 is 22.5. The maximum Gasteiger partial charge on any atom is 0.224 e. The molecular formula is C11H22N2O3S. The lowest BCUT2D eigenvalue weighted by atomic mass is 10.1. The van der Waals surface area contributed by atoms with E-state index >= 15 is 0 Å². The van der Waals surface area contributed by atoms with E-state index in [1.54, 1.807) is 0 Å². The normalized spacial score (nSPS) is 24.5. The van der Waals surface area contributed by atoms with Crippen LogP contribution in [0.15, 0.2) is 0 Å². The molecule has 3 N–H and O–H groups in total. The molecule has 2 atom stereocenters. The zero-order chi connectivity index (χ0) is 12.9. The first-order valence-corrected chi connectivity index (χ1v) is 8.01. The van der Waals surface area contributed by atoms with Crippen LogP contribution in [-0.2, 0) is 14.6 Å². The molecular weight excluding hydrogens is 240 g/mol. The number of rotatable bonds is 6. The third-order valence-electron chi connectivity index (χ3n) is 3.14. The van der Waals surface area contributed by atoms with Crippen LogP contribution in [0.2, 0.25) is 0 Å². The molecule has 0 aliphatic carbocycles. The lowest BCUT2D eigenvalue weighted by Crippen LogP contribution is -2.43. The average Bonchev–Trinajstić information content (AvgIpc) is 2.64. The second-order valence-corrected chi connectivity index (χ2v) is 6.91. The fraction of sp³-hybridized carbons (Fsp3) is 0.909. The van der Waals surface area contributed by atoms with Gasteiger partial charge >= 0.3 is 0 Å². The zero-order valence-corrected chi connectivity index (χ0v) is 11.1. The van der Waals surface area contributed by atoms with E-state index in [1.807, 2.05) is 0 Å². The van der Waals surface area contributed by atoms with Gasteiger partial charge in [0.2, 0.25) is 5.91 Å². The van der Waals surface area contributed by atoms with E-state index < -0.39 is 9.84 Å². The summed E-state index contributed by atoms with van der Waals surface area (Å²) in [6, 6.07) is -0.0224. The molecule has 5 nitrogen and oxygen atoms in total. The Kier molecular flexibility index (Phi) is 5.39. The predicted octanol–water partition coefficient (Wildman–Crippen LogP) is 0.0548. The van der Waals surface area contributed by atoms with Crippen LogP contribution >= 0.6 is 0 Å². The van der Waals surface area contributed by atoms with Crippen LogP contribution in [0.3, 0.4) is 0 Å². The largest absolute Gasteiger partial charge is 0.352 e. The van der Waals surface area contributed by atoms with E-state index in [9.17, 15) is 13.2 Å². The second-order valence-electron chi connectivity index (χ2n) is 4.68. The van der Waals surface area contributed by atoms with Crippen LogP contribution < -0.4 is 11.1 Å². The zero-order valence-electron chi connectivity index (χ0n) is 10.3. The molecule has 1 aliphatic rings. The van der Waals surface area contributed by atoms with Crippen molar-refractivity contribution in [1.29, 1.82) is 0 Å². The van der Waals surface area contributed by atoms with Crippen molar-refractivity contribution in [1.82, 2.24) is 5.32 Å². The Bertz CT molecular complexity index is 354. The molecule has 0 saturated carbocycles. The molecule has 1 aliphatic heterocycles. The summed E-state index contributed by atoms with van der Waals surface area (Å²) in [5, 5.41) is 2.85. The van der Waals surface area contributed by atoms with E-state index in [-0.39, 0.29) is 29.4 Å². The quantitative estimate of drug-likeness (QED) is 0.708. The number of amides is 1. The number of sulfone groups is 1. The van der Waals surface area contributed by atoms with Gasteiger partial charge in [0.15, 0.2) is 9.84 Å². The number of carbonyl (C=O) groups excluding carboxylic acids is 1. The van der Waals surface area contributed by atoms with Crippen molar-refractivity contribution in [2.45, 2.75) is 38.6 Å². The van der Waals surface area contributed by atoms with E-state index in [1.165, 1.54) is 0 Å². The Morgan fingerprint density at radius 3 is 2.71 bits per heavy atom. The van der Waals surface area contributed by atoms with Gasteiger partial charge in [0.1, 0.15) is 0 Å². The summed E-state index contributed by atoms with van der Waals surface area (Å²) in [4.78, 5) is 11.8. The van der Waals surface area contributed by atoms with Crippen molar-refractivity contribution in [2.24, 2.45) is 11.7 Å². The first-order valence-electron chi connectivity index (χ1n) is 6.19. The summed E-state index contributed by atoms with van der Waals surface area (Å²) in [5.41, 5.74) is 5.58. The van der Waals surface area contributed by atoms with Crippen molar-refractivity contribution in [3.05, 3.63) is 0 Å². The van der Waals surface area contributed by atoms with E-state index in [0.29, 0.717) is 13.0 Å². The summed E-state index contributed by atoms with van der Waals surface area (Å²) in [5.74, 6) is -0.412. The first kappa shape index (κ1) is 14.4. The van der Waals surface area contributed by atoms with Gasteiger partial charge in [0, 0.05) is 12.6 Å². The lowest BCUT2D eigenvalue weighted by molar-refractivity contribution is -0.125. The van der Waals surface area contributed by atoms with Crippen molar-refractivity contribution >= 4 is 15.7 Å². The molecule has 0 spiro atoms. The third kappa shape index (κ3) is 4.63. The molecule has 0 radical (unpaired) electrons. The fourth-order valence-corrected chi connectivity index (χ4v) is 3.76. The van der Waals surface area contributed by atoms with Crippen molar-refractivity contribution < 1.29 is 13.2 Å². The van der Waals surface area contributed by atoms with Crippen LogP contribution in [0, 0.1) is 5.92 Å². The molecule has 0 aromatic rings. The van der Waals surface area contributed by atoms with Gasteiger partial charge in [-0.15, -0.1) is 0 Å². The number of nitrogens with one attached hydrogen (secondary N) is 1. The Labute approximate surface area is 103 Å². The highest BCUT2D eigenvalue weighted by Crippen LogP contribution is 2.18. The minimum atomic E-state index is -2.99. The average molecular weight is 262 g/mol. The SMILES string of the molecule is CCCCC(CN)NC(=O)C1CCS(=O)(=O)C1. The maximum absolute atomic E-state index is 11.8. The minimum absolute atomic E-state index is 0.0100. The topological polar surface area (TPSA) is 89.3 Å². The monoisotopic (exact) mass is 262 g/mol. The van der Waals surface area contributed by atoms with Crippen molar-refractivity contribution in [3.8, 4) is 0 Å². The molecule has 1 amide bonds. The Morgan fingerprint density at radius 2 is 2.24 bits per heavy atom. The van der Waals surface area contributed by atoms with Gasteiger partial charge in [-0.3, -0.25) is 4.79 Å². The number of hydrogen-bond donors (Lipinski definition) is 2. The molecule has 0 aromatic heterocycles. The standard InChI is InChI=1S/C11H22N2O3S/c1-2-3-4-10(7-12)13-11(14)9-5-6-17(15,16)8-9/h9-10H,2-8,12H2,1H3,(H,13,14). The molecule has 6 heteroatoms. The molecule has 17 heavy (non-hydrogen) atoms. The van der Waals surface area contributed by atoms with Crippen LogP contribution in [0.25, 0.3) is 0 Å². The van der Waals surface area contributed by atoms with Crippen LogP contribution in [-0.4, -0.2) is 38.4 Å². The predicted molar refractivity (Wildman–Crippen MR) is 67.3 cm³/mol. The molecule has 0 aromatic carbocycles. The van der Waals surface area contributed by atoms with Crippen LogP contribution in [0.5, 0.6) is 0 Å². The molecule has 1 fully saturated rings. The maximum atomic E-state index is 11.8. The Balaban J connectivity index is 2.42. The van der Waals surface area contributed by atoms with Gasteiger partial charge < -0.3 is 11.1 Å². The van der Waals surface area contributed by atoms with Gasteiger partial charge in [0.05, 0.1) is 17.4 Å². The molecule has 1 rings (SSSR count). The van der Waals surface area contributed by atoms with Crippen LogP contribution in [0.1, 0.15) is 32.6 Å². The van der Waals surface area contributed by atoms with E-state index in [4.69, 9.17) is 5.73 Å². The lowest BCUT2D eigenvalue weighted by Gasteiger charge is -2.18. The number of hydrogen-bond acceptors (Lipinski definition) is 4. The van der Waals surface area contributed by atoms with Gasteiger partial charge in [0.25, 0.3) is 0 Å². The highest BCUT2D eigenvalue weighted by atomic mass is 32.2. The molecule has 1 heterocycles. The molecule has 1 saturated heterocycles. The van der Waals surface area contributed by atoms with Gasteiger partial charge in [-0.25, -0.2) is 8.42 Å². The number of nitrogens with two attached hydrogens (primary N) is 1. The third-order valence-corrected chi connectivity index (χ3v) is 4.91. The smallest absolute Gasteiger partial charge is 0.224 e. The van der Waals surface area contributed by atoms with Crippen molar-refractivity contribution in [2.75, 3.05) is 18.1 Å². The first-order chi connectivity index (χ1) is 7.98. The Hall–Kier alpha value is -0.620. The second kappa shape index (κ2) is 6.35. The van der Waals surface area contributed by atoms with E-state index in [2.05, 4.69) is 12.2 Å². The fourth-order valence-electron chi connectivity index (χ4n) is 2.02. The molecule has 0 bridgehead atoms. The molecule has 100 valence electrons. The highest BCUT2D eigenvalue weighted by Gasteiger charge is 2.33. The summed E-state index contributed by atoms with van der Waals surface area (Å²) in [6.45, 7) is 2.49. The van der Waals surface area contributed by atoms with Crippen molar-refractivity contribution in [3.63, 3.8) is 0 Å². The minimum Gasteiger partial charge on any atom is -0.352 e. The number of carbonyl (C=O) groups is 1. The van der Waals surface area contributed by atoms with Crippen LogP contribution in [0.4, 0.5) is 0 Å². The van der Waals surface area contributed by atoms with Gasteiger partial charge in [-0.05, 0) is 12.8 Å². The summed E-state index contributed by atoms with van der Waals surface area (Å²) in [6.07, 6.45) is 3.38. The number of unbranched alkanes of at least 4 members (excludes halogenated alkanes) is 1. The summed E-state index contributed by atoms with van der Waals surface area (Å²) >= 11 is 0. The Morgan fingerprint density at radius 1 is 1.53 bits per heavy atom.